The molecule has 0 unspecified atom stereocenters. The molecule has 0 aliphatic rings. The number of anilines is 1. The number of nitrogens with one attached hydrogen (secondary N) is 2. The first-order valence-corrected chi connectivity index (χ1v) is 6.61. The molecule has 0 bridgehead atoms. The smallest absolute Gasteiger partial charge is 0.172 e. The van der Waals surface area contributed by atoms with Crippen molar-refractivity contribution in [1.29, 1.82) is 0 Å². The van der Waals surface area contributed by atoms with Gasteiger partial charge in [-0.25, -0.2) is 4.98 Å². The minimum atomic E-state index is 0.460. The van der Waals surface area contributed by atoms with Crippen molar-refractivity contribution >= 4 is 50.7 Å². The molecule has 94 valence electrons. The Bertz CT molecular complexity index is 547. The van der Waals surface area contributed by atoms with E-state index in [4.69, 9.17) is 28.2 Å². The summed E-state index contributed by atoms with van der Waals surface area (Å²) in [5.74, 6) is 1.42. The second-order valence-electron chi connectivity index (χ2n) is 3.37. The molecule has 0 aromatic carbocycles. The Hall–Kier alpha value is -1.11. The van der Waals surface area contributed by atoms with Gasteiger partial charge < -0.3 is 15.1 Å². The molecule has 0 atom stereocenters. The zero-order valence-electron chi connectivity index (χ0n) is 9.11. The van der Waals surface area contributed by atoms with Gasteiger partial charge in [-0.3, -0.25) is 0 Å². The number of halogens is 2. The van der Waals surface area contributed by atoms with Crippen molar-refractivity contribution in [2.24, 2.45) is 0 Å². The van der Waals surface area contributed by atoms with E-state index < -0.39 is 0 Å². The summed E-state index contributed by atoms with van der Waals surface area (Å²) in [6.07, 6.45) is 3.16. The quantitative estimate of drug-likeness (QED) is 0.832. The molecule has 0 spiro atoms. The normalized spacial score (nSPS) is 10.1. The molecule has 0 radical (unpaired) electrons. The van der Waals surface area contributed by atoms with Crippen molar-refractivity contribution in [3.05, 3.63) is 45.9 Å². The molecular formula is C11H9BrClN3OS. The molecule has 0 amide bonds. The minimum Gasteiger partial charge on any atom is -0.467 e. The van der Waals surface area contributed by atoms with Gasteiger partial charge in [0.15, 0.2) is 5.11 Å². The Labute approximate surface area is 123 Å². The lowest BCUT2D eigenvalue weighted by Crippen LogP contribution is -2.28. The topological polar surface area (TPSA) is 50.1 Å². The molecule has 2 aromatic rings. The van der Waals surface area contributed by atoms with Gasteiger partial charge in [-0.2, -0.15) is 0 Å². The fourth-order valence-electron chi connectivity index (χ4n) is 1.24. The van der Waals surface area contributed by atoms with Gasteiger partial charge in [-0.05, 0) is 46.3 Å². The van der Waals surface area contributed by atoms with Gasteiger partial charge in [0, 0.05) is 6.20 Å². The summed E-state index contributed by atoms with van der Waals surface area (Å²) in [5, 5.41) is 6.99. The third-order valence-corrected chi connectivity index (χ3v) is 3.10. The van der Waals surface area contributed by atoms with E-state index in [0.29, 0.717) is 22.5 Å². The molecule has 0 aliphatic heterocycles. The van der Waals surface area contributed by atoms with Crippen LogP contribution >= 0.6 is 39.7 Å². The molecule has 0 saturated heterocycles. The van der Waals surface area contributed by atoms with E-state index in [1.165, 1.54) is 0 Å². The maximum atomic E-state index is 5.80. The van der Waals surface area contributed by atoms with Crippen LogP contribution in [-0.2, 0) is 6.54 Å². The van der Waals surface area contributed by atoms with Crippen LogP contribution < -0.4 is 10.6 Å². The Kier molecular flexibility index (Phi) is 4.57. The Morgan fingerprint density at radius 3 is 3.06 bits per heavy atom. The number of aromatic nitrogens is 1. The number of nitrogens with zero attached hydrogens (tertiary/aromatic N) is 1. The molecule has 2 rings (SSSR count). The zero-order valence-corrected chi connectivity index (χ0v) is 12.3. The highest BCUT2D eigenvalue weighted by Crippen LogP contribution is 2.22. The summed E-state index contributed by atoms with van der Waals surface area (Å²) in [7, 11) is 0. The average molecular weight is 347 g/mol. The molecule has 2 heterocycles. The van der Waals surface area contributed by atoms with Gasteiger partial charge in [-0.1, -0.05) is 11.6 Å². The van der Waals surface area contributed by atoms with Crippen LogP contribution in [0.4, 0.5) is 5.82 Å². The van der Waals surface area contributed by atoms with Crippen LogP contribution in [0.2, 0.25) is 5.02 Å². The molecule has 7 heteroatoms. The van der Waals surface area contributed by atoms with Crippen molar-refractivity contribution in [1.82, 2.24) is 10.3 Å². The van der Waals surface area contributed by atoms with E-state index in [2.05, 4.69) is 31.5 Å². The molecule has 2 aromatic heterocycles. The third-order valence-electron chi connectivity index (χ3n) is 2.04. The molecule has 18 heavy (non-hydrogen) atoms. The monoisotopic (exact) mass is 345 g/mol. The summed E-state index contributed by atoms with van der Waals surface area (Å²) in [4.78, 5) is 4.12. The SMILES string of the molecule is S=C(NCc1ccco1)Nc1ncc(Cl)cc1Br. The summed E-state index contributed by atoms with van der Waals surface area (Å²) < 4.78 is 5.93. The number of pyridine rings is 1. The van der Waals surface area contributed by atoms with Gasteiger partial charge in [-0.15, -0.1) is 0 Å². The maximum Gasteiger partial charge on any atom is 0.172 e. The van der Waals surface area contributed by atoms with Crippen LogP contribution in [0.15, 0.2) is 39.5 Å². The second kappa shape index (κ2) is 6.17. The number of hydrogen-bond donors (Lipinski definition) is 2. The Morgan fingerprint density at radius 2 is 2.39 bits per heavy atom. The number of furan rings is 1. The van der Waals surface area contributed by atoms with E-state index in [1.807, 2.05) is 12.1 Å². The molecule has 4 nitrogen and oxygen atoms in total. The number of rotatable bonds is 3. The molecule has 2 N–H and O–H groups in total. The second-order valence-corrected chi connectivity index (χ2v) is 5.07. The van der Waals surface area contributed by atoms with Crippen LogP contribution in [-0.4, -0.2) is 10.1 Å². The van der Waals surface area contributed by atoms with Crippen molar-refractivity contribution in [2.45, 2.75) is 6.54 Å². The Balaban J connectivity index is 1.91. The van der Waals surface area contributed by atoms with Crippen LogP contribution in [0.5, 0.6) is 0 Å². The number of thiocarbonyl (C=S) groups is 1. The zero-order chi connectivity index (χ0) is 13.0. The lowest BCUT2D eigenvalue weighted by atomic mass is 10.4. The van der Waals surface area contributed by atoms with Gasteiger partial charge in [0.1, 0.15) is 11.6 Å². The molecule has 0 aliphatic carbocycles. The number of hydrogen-bond acceptors (Lipinski definition) is 3. The van der Waals surface area contributed by atoms with Crippen molar-refractivity contribution in [3.63, 3.8) is 0 Å². The van der Waals surface area contributed by atoms with Crippen molar-refractivity contribution in [3.8, 4) is 0 Å². The molecule has 0 fully saturated rings. The fraction of sp³-hybridized carbons (Fsp3) is 0.0909. The van der Waals surface area contributed by atoms with Gasteiger partial charge in [0.05, 0.1) is 22.3 Å². The van der Waals surface area contributed by atoms with Gasteiger partial charge >= 0.3 is 0 Å². The highest BCUT2D eigenvalue weighted by Gasteiger charge is 2.05. The lowest BCUT2D eigenvalue weighted by Gasteiger charge is -2.10. The highest BCUT2D eigenvalue weighted by molar-refractivity contribution is 9.10. The third kappa shape index (κ3) is 3.69. The van der Waals surface area contributed by atoms with Gasteiger partial charge in [0.25, 0.3) is 0 Å². The van der Waals surface area contributed by atoms with E-state index in [-0.39, 0.29) is 0 Å². The van der Waals surface area contributed by atoms with Crippen LogP contribution in [0.3, 0.4) is 0 Å². The first-order chi connectivity index (χ1) is 8.65. The van der Waals surface area contributed by atoms with E-state index in [9.17, 15) is 0 Å². The molecular weight excluding hydrogens is 338 g/mol. The van der Waals surface area contributed by atoms with E-state index in [1.54, 1.807) is 18.5 Å². The predicted molar refractivity (Wildman–Crippen MR) is 78.7 cm³/mol. The standard InChI is InChI=1S/C11H9BrClN3OS/c12-9-4-7(13)5-14-10(9)16-11(18)15-6-8-2-1-3-17-8/h1-5H,6H2,(H2,14,15,16,18). The maximum absolute atomic E-state index is 5.80. The summed E-state index contributed by atoms with van der Waals surface area (Å²) >= 11 is 14.3. The largest absolute Gasteiger partial charge is 0.467 e. The summed E-state index contributed by atoms with van der Waals surface area (Å²) in [5.41, 5.74) is 0. The van der Waals surface area contributed by atoms with Crippen LogP contribution in [0.25, 0.3) is 0 Å². The fourth-order valence-corrected chi connectivity index (χ4v) is 2.15. The van der Waals surface area contributed by atoms with Crippen molar-refractivity contribution in [2.75, 3.05) is 5.32 Å². The summed E-state index contributed by atoms with van der Waals surface area (Å²) in [6, 6.07) is 5.43. The van der Waals surface area contributed by atoms with Crippen molar-refractivity contribution < 1.29 is 4.42 Å². The lowest BCUT2D eigenvalue weighted by molar-refractivity contribution is 0.503. The van der Waals surface area contributed by atoms with E-state index in [0.717, 1.165) is 10.2 Å². The van der Waals surface area contributed by atoms with Gasteiger partial charge in [0.2, 0.25) is 0 Å². The minimum absolute atomic E-state index is 0.460. The highest BCUT2D eigenvalue weighted by atomic mass is 79.9. The molecule has 0 saturated carbocycles. The first kappa shape index (κ1) is 13.3. The predicted octanol–water partition coefficient (Wildman–Crippen LogP) is 3.58. The first-order valence-electron chi connectivity index (χ1n) is 5.03. The average Bonchev–Trinajstić information content (AvgIpc) is 2.83. The summed E-state index contributed by atoms with van der Waals surface area (Å²) in [6.45, 7) is 0.518. The van der Waals surface area contributed by atoms with Crippen LogP contribution in [0, 0.1) is 0 Å². The Morgan fingerprint density at radius 1 is 1.56 bits per heavy atom. The van der Waals surface area contributed by atoms with E-state index >= 15 is 0 Å². The van der Waals surface area contributed by atoms with Crippen LogP contribution in [0.1, 0.15) is 5.76 Å².